The van der Waals surface area contributed by atoms with E-state index in [1.807, 2.05) is 14.0 Å². The van der Waals surface area contributed by atoms with Gasteiger partial charge in [0.2, 0.25) is 0 Å². The van der Waals surface area contributed by atoms with Gasteiger partial charge in [-0.2, -0.15) is 0 Å². The lowest BCUT2D eigenvalue weighted by Crippen LogP contribution is -2.54. The van der Waals surface area contributed by atoms with Crippen LogP contribution in [-0.4, -0.2) is 59.6 Å². The lowest BCUT2D eigenvalue weighted by atomic mass is 10.1. The van der Waals surface area contributed by atoms with Crippen LogP contribution < -0.4 is 5.32 Å². The van der Waals surface area contributed by atoms with Crippen LogP contribution in [0.25, 0.3) is 0 Å². The molecule has 2 rings (SSSR count). The molecular formula is C15H21N3O3. The van der Waals surface area contributed by atoms with Gasteiger partial charge in [-0.05, 0) is 25.6 Å². The van der Waals surface area contributed by atoms with E-state index in [0.717, 1.165) is 13.1 Å². The van der Waals surface area contributed by atoms with Crippen LogP contribution in [0.5, 0.6) is 0 Å². The molecule has 1 fully saturated rings. The van der Waals surface area contributed by atoms with Crippen molar-refractivity contribution in [3.8, 4) is 0 Å². The summed E-state index contributed by atoms with van der Waals surface area (Å²) in [5.74, 6) is -0.912. The molecule has 1 aliphatic heterocycles. The summed E-state index contributed by atoms with van der Waals surface area (Å²) in [6.45, 7) is 4.36. The summed E-state index contributed by atoms with van der Waals surface area (Å²) in [6.07, 6.45) is -0.102. The first kappa shape index (κ1) is 15.3. The van der Waals surface area contributed by atoms with Crippen molar-refractivity contribution in [2.24, 2.45) is 0 Å². The highest BCUT2D eigenvalue weighted by Crippen LogP contribution is 2.18. The fraction of sp³-hybridized carbons (Fsp3) is 0.467. The Kier molecular flexibility index (Phi) is 4.80. The normalized spacial score (nSPS) is 19.3. The highest BCUT2D eigenvalue weighted by molar-refractivity contribution is 5.91. The number of rotatable bonds is 3. The van der Waals surface area contributed by atoms with E-state index >= 15 is 0 Å². The van der Waals surface area contributed by atoms with Crippen molar-refractivity contribution >= 4 is 17.7 Å². The van der Waals surface area contributed by atoms with Gasteiger partial charge in [-0.15, -0.1) is 0 Å². The lowest BCUT2D eigenvalue weighted by molar-refractivity contribution is -0.136. The van der Waals surface area contributed by atoms with E-state index in [9.17, 15) is 9.59 Å². The van der Waals surface area contributed by atoms with Gasteiger partial charge in [0.25, 0.3) is 0 Å². The monoisotopic (exact) mass is 291 g/mol. The minimum absolute atomic E-state index is 0.102. The minimum Gasteiger partial charge on any atom is -0.481 e. The van der Waals surface area contributed by atoms with Crippen LogP contribution in [0.1, 0.15) is 12.5 Å². The number of carboxylic acids is 1. The number of urea groups is 1. The molecule has 6 nitrogen and oxygen atoms in total. The second kappa shape index (κ2) is 6.58. The topological polar surface area (TPSA) is 72.9 Å². The number of hydrogen-bond donors (Lipinski definition) is 2. The van der Waals surface area contributed by atoms with Crippen molar-refractivity contribution in [1.82, 2.24) is 9.80 Å². The number of benzene rings is 1. The largest absolute Gasteiger partial charge is 0.481 e. The van der Waals surface area contributed by atoms with Crippen molar-refractivity contribution in [3.63, 3.8) is 0 Å². The Morgan fingerprint density at radius 2 is 2.05 bits per heavy atom. The molecule has 1 saturated heterocycles. The zero-order valence-electron chi connectivity index (χ0n) is 12.4. The second-order valence-corrected chi connectivity index (χ2v) is 5.46. The molecule has 0 aliphatic carbocycles. The second-order valence-electron chi connectivity index (χ2n) is 5.46. The van der Waals surface area contributed by atoms with Gasteiger partial charge in [0.1, 0.15) is 0 Å². The summed E-state index contributed by atoms with van der Waals surface area (Å²) in [4.78, 5) is 27.2. The van der Waals surface area contributed by atoms with Crippen molar-refractivity contribution in [1.29, 1.82) is 0 Å². The summed E-state index contributed by atoms with van der Waals surface area (Å²) in [6, 6.07) is 6.97. The van der Waals surface area contributed by atoms with Gasteiger partial charge in [0, 0.05) is 31.4 Å². The zero-order valence-corrected chi connectivity index (χ0v) is 12.4. The Morgan fingerprint density at radius 1 is 1.33 bits per heavy atom. The van der Waals surface area contributed by atoms with Gasteiger partial charge in [-0.3, -0.25) is 4.79 Å². The minimum atomic E-state index is -0.912. The summed E-state index contributed by atoms with van der Waals surface area (Å²) in [5.41, 5.74) is 1.18. The number of anilines is 1. The molecule has 1 aliphatic rings. The maximum absolute atomic E-state index is 12.4. The third kappa shape index (κ3) is 3.95. The molecule has 0 saturated carbocycles. The van der Waals surface area contributed by atoms with Gasteiger partial charge in [0.15, 0.2) is 0 Å². The number of carboxylic acid groups (broad SMARTS) is 1. The third-order valence-corrected chi connectivity index (χ3v) is 3.69. The standard InChI is InChI=1S/C15H21N3O3/c1-11-10-17(2)7-8-18(11)15(21)16-13-6-4-3-5-12(13)9-14(19)20/h3-6,11H,7-10H2,1-2H3,(H,16,21)(H,19,20). The van der Waals surface area contributed by atoms with E-state index in [1.54, 1.807) is 29.2 Å². The van der Waals surface area contributed by atoms with Crippen LogP contribution in [0.15, 0.2) is 24.3 Å². The number of carbonyl (C=O) groups excluding carboxylic acids is 1. The molecule has 1 aromatic rings. The molecule has 0 aromatic heterocycles. The number of hydrogen-bond acceptors (Lipinski definition) is 3. The number of amides is 2. The number of likely N-dealkylation sites (N-methyl/N-ethyl adjacent to an activating group) is 1. The van der Waals surface area contributed by atoms with Crippen LogP contribution in [0, 0.1) is 0 Å². The number of carbonyl (C=O) groups is 2. The SMILES string of the molecule is CC1CN(C)CCN1C(=O)Nc1ccccc1CC(=O)O. The molecule has 1 unspecified atom stereocenters. The zero-order chi connectivity index (χ0) is 15.4. The fourth-order valence-electron chi connectivity index (χ4n) is 2.59. The molecule has 0 spiro atoms. The maximum Gasteiger partial charge on any atom is 0.322 e. The lowest BCUT2D eigenvalue weighted by Gasteiger charge is -2.38. The molecule has 2 N–H and O–H groups in total. The number of nitrogens with one attached hydrogen (secondary N) is 1. The van der Waals surface area contributed by atoms with Crippen molar-refractivity contribution in [3.05, 3.63) is 29.8 Å². The summed E-state index contributed by atoms with van der Waals surface area (Å²) < 4.78 is 0. The van der Waals surface area contributed by atoms with Gasteiger partial charge >= 0.3 is 12.0 Å². The van der Waals surface area contributed by atoms with E-state index < -0.39 is 5.97 Å². The molecule has 1 aromatic carbocycles. The molecule has 114 valence electrons. The van der Waals surface area contributed by atoms with Crippen LogP contribution in [0.3, 0.4) is 0 Å². The Morgan fingerprint density at radius 3 is 2.71 bits per heavy atom. The van der Waals surface area contributed by atoms with Crippen molar-refractivity contribution < 1.29 is 14.7 Å². The van der Waals surface area contributed by atoms with Crippen molar-refractivity contribution in [2.75, 3.05) is 32.0 Å². The van der Waals surface area contributed by atoms with Gasteiger partial charge in [0.05, 0.1) is 6.42 Å². The average molecular weight is 291 g/mol. The van der Waals surface area contributed by atoms with E-state index in [4.69, 9.17) is 5.11 Å². The Bertz CT molecular complexity index is 533. The molecule has 0 bridgehead atoms. The quantitative estimate of drug-likeness (QED) is 0.885. The predicted octanol–water partition coefficient (Wildman–Crippen LogP) is 1.48. The van der Waals surface area contributed by atoms with Crippen LogP contribution in [0.2, 0.25) is 0 Å². The molecular weight excluding hydrogens is 270 g/mol. The predicted molar refractivity (Wildman–Crippen MR) is 80.5 cm³/mol. The third-order valence-electron chi connectivity index (χ3n) is 3.69. The molecule has 1 atom stereocenters. The first-order valence-electron chi connectivity index (χ1n) is 7.03. The van der Waals surface area contributed by atoms with E-state index in [-0.39, 0.29) is 18.5 Å². The fourth-order valence-corrected chi connectivity index (χ4v) is 2.59. The Hall–Kier alpha value is -2.08. The number of aliphatic carboxylic acids is 1. The maximum atomic E-state index is 12.4. The number of para-hydroxylation sites is 1. The Balaban J connectivity index is 2.07. The number of nitrogens with zero attached hydrogens (tertiary/aromatic N) is 2. The van der Waals surface area contributed by atoms with Gasteiger partial charge in [-0.1, -0.05) is 18.2 Å². The molecule has 21 heavy (non-hydrogen) atoms. The molecule has 6 heteroatoms. The van der Waals surface area contributed by atoms with E-state index in [2.05, 4.69) is 10.2 Å². The molecule has 1 heterocycles. The first-order chi connectivity index (χ1) is 9.97. The van der Waals surface area contributed by atoms with Crippen LogP contribution in [0.4, 0.5) is 10.5 Å². The van der Waals surface area contributed by atoms with E-state index in [0.29, 0.717) is 17.8 Å². The first-order valence-corrected chi connectivity index (χ1v) is 7.03. The Labute approximate surface area is 124 Å². The summed E-state index contributed by atoms with van der Waals surface area (Å²) in [7, 11) is 2.04. The number of piperazine rings is 1. The summed E-state index contributed by atoms with van der Waals surface area (Å²) in [5, 5.41) is 11.8. The molecule has 0 radical (unpaired) electrons. The highest BCUT2D eigenvalue weighted by atomic mass is 16.4. The van der Waals surface area contributed by atoms with Gasteiger partial charge < -0.3 is 20.2 Å². The van der Waals surface area contributed by atoms with E-state index in [1.165, 1.54) is 0 Å². The van der Waals surface area contributed by atoms with Crippen molar-refractivity contribution in [2.45, 2.75) is 19.4 Å². The molecule has 2 amide bonds. The average Bonchev–Trinajstić information content (AvgIpc) is 2.40. The van der Waals surface area contributed by atoms with Gasteiger partial charge in [-0.25, -0.2) is 4.79 Å². The summed E-state index contributed by atoms with van der Waals surface area (Å²) >= 11 is 0. The highest BCUT2D eigenvalue weighted by Gasteiger charge is 2.26. The van der Waals surface area contributed by atoms with Crippen LogP contribution in [-0.2, 0) is 11.2 Å². The smallest absolute Gasteiger partial charge is 0.322 e. The van der Waals surface area contributed by atoms with Crippen LogP contribution >= 0.6 is 0 Å².